The van der Waals surface area contributed by atoms with Gasteiger partial charge < -0.3 is 10.3 Å². The molecule has 3 nitrogen and oxygen atoms in total. The number of carbonyl (C=O) groups is 1. The van der Waals surface area contributed by atoms with Crippen molar-refractivity contribution < 1.29 is 4.79 Å². The van der Waals surface area contributed by atoms with Crippen LogP contribution in [0.5, 0.6) is 0 Å². The summed E-state index contributed by atoms with van der Waals surface area (Å²) < 4.78 is 0. The summed E-state index contributed by atoms with van der Waals surface area (Å²) in [6.45, 7) is 7.85. The highest BCUT2D eigenvalue weighted by Crippen LogP contribution is 2.08. The first kappa shape index (κ1) is 9.58. The van der Waals surface area contributed by atoms with Gasteiger partial charge in [0.25, 0.3) is 5.91 Å². The fourth-order valence-corrected chi connectivity index (χ4v) is 1.22. The zero-order chi connectivity index (χ0) is 9.84. The quantitative estimate of drug-likeness (QED) is 0.678. The average molecular weight is 178 g/mol. The van der Waals surface area contributed by atoms with Gasteiger partial charge in [0.05, 0.1) is 5.56 Å². The molecule has 1 aromatic heterocycles. The molecule has 70 valence electrons. The minimum Gasteiger partial charge on any atom is -0.362 e. The van der Waals surface area contributed by atoms with Gasteiger partial charge in [-0.05, 0) is 19.9 Å². The first-order valence-electron chi connectivity index (χ1n) is 4.20. The second-order valence-electron chi connectivity index (χ2n) is 2.99. The van der Waals surface area contributed by atoms with Gasteiger partial charge in [-0.15, -0.1) is 6.58 Å². The van der Waals surface area contributed by atoms with Crippen molar-refractivity contribution >= 4 is 5.91 Å². The standard InChI is InChI=1S/C10H14N2O/c1-4-5-11-10(13)9-6-7(2)12-8(9)3/h4,6,12H,1,5H2,2-3H3,(H,11,13). The number of H-pyrrole nitrogens is 1. The smallest absolute Gasteiger partial charge is 0.253 e. The second kappa shape index (κ2) is 3.94. The van der Waals surface area contributed by atoms with E-state index in [0.717, 1.165) is 11.4 Å². The molecule has 0 aliphatic carbocycles. The van der Waals surface area contributed by atoms with Gasteiger partial charge in [0.1, 0.15) is 0 Å². The topological polar surface area (TPSA) is 44.9 Å². The Morgan fingerprint density at radius 3 is 2.85 bits per heavy atom. The molecule has 0 atom stereocenters. The lowest BCUT2D eigenvalue weighted by Crippen LogP contribution is -2.23. The summed E-state index contributed by atoms with van der Waals surface area (Å²) in [4.78, 5) is 14.5. The van der Waals surface area contributed by atoms with Crippen molar-refractivity contribution in [3.8, 4) is 0 Å². The number of amides is 1. The summed E-state index contributed by atoms with van der Waals surface area (Å²) >= 11 is 0. The van der Waals surface area contributed by atoms with E-state index in [1.165, 1.54) is 0 Å². The first-order valence-corrected chi connectivity index (χ1v) is 4.20. The Labute approximate surface area is 77.9 Å². The molecule has 1 amide bonds. The largest absolute Gasteiger partial charge is 0.362 e. The van der Waals surface area contributed by atoms with Crippen molar-refractivity contribution in [2.45, 2.75) is 13.8 Å². The molecule has 0 aromatic carbocycles. The summed E-state index contributed by atoms with van der Waals surface area (Å²) in [5.41, 5.74) is 2.61. The molecule has 1 rings (SSSR count). The summed E-state index contributed by atoms with van der Waals surface area (Å²) in [6.07, 6.45) is 1.66. The Morgan fingerprint density at radius 2 is 2.38 bits per heavy atom. The number of aromatic amines is 1. The van der Waals surface area contributed by atoms with Crippen LogP contribution in [0, 0.1) is 13.8 Å². The van der Waals surface area contributed by atoms with Crippen molar-refractivity contribution in [3.05, 3.63) is 35.7 Å². The van der Waals surface area contributed by atoms with Crippen LogP contribution in [0.4, 0.5) is 0 Å². The summed E-state index contributed by atoms with van der Waals surface area (Å²) in [6, 6.07) is 1.84. The van der Waals surface area contributed by atoms with Crippen LogP contribution in [0.3, 0.4) is 0 Å². The summed E-state index contributed by atoms with van der Waals surface area (Å²) in [5, 5.41) is 2.73. The number of nitrogens with one attached hydrogen (secondary N) is 2. The fourth-order valence-electron chi connectivity index (χ4n) is 1.22. The van der Waals surface area contributed by atoms with Crippen LogP contribution in [-0.2, 0) is 0 Å². The summed E-state index contributed by atoms with van der Waals surface area (Å²) in [5.74, 6) is -0.0539. The third-order valence-electron chi connectivity index (χ3n) is 1.80. The van der Waals surface area contributed by atoms with Crippen molar-refractivity contribution in [3.63, 3.8) is 0 Å². The fraction of sp³-hybridized carbons (Fsp3) is 0.300. The molecular formula is C10H14N2O. The minimum absolute atomic E-state index is 0.0539. The van der Waals surface area contributed by atoms with Crippen molar-refractivity contribution in [2.75, 3.05) is 6.54 Å². The Bertz CT molecular complexity index is 326. The Kier molecular flexibility index (Phi) is 2.90. The highest BCUT2D eigenvalue weighted by molar-refractivity contribution is 5.95. The normalized spacial score (nSPS) is 9.69. The molecule has 0 saturated carbocycles. The molecule has 1 heterocycles. The molecule has 2 N–H and O–H groups in total. The predicted molar refractivity (Wildman–Crippen MR) is 52.8 cm³/mol. The number of hydrogen-bond donors (Lipinski definition) is 2. The third kappa shape index (κ3) is 2.21. The van der Waals surface area contributed by atoms with E-state index in [1.54, 1.807) is 6.08 Å². The Morgan fingerprint density at radius 1 is 1.69 bits per heavy atom. The van der Waals surface area contributed by atoms with Crippen LogP contribution in [0.1, 0.15) is 21.7 Å². The molecule has 0 spiro atoms. The van der Waals surface area contributed by atoms with Gasteiger partial charge in [0.2, 0.25) is 0 Å². The van der Waals surface area contributed by atoms with Gasteiger partial charge in [-0.3, -0.25) is 4.79 Å². The number of aromatic nitrogens is 1. The SMILES string of the molecule is C=CCNC(=O)c1cc(C)[nH]c1C. The van der Waals surface area contributed by atoms with Gasteiger partial charge in [-0.1, -0.05) is 6.08 Å². The average Bonchev–Trinajstić information content (AvgIpc) is 2.41. The predicted octanol–water partition coefficient (Wildman–Crippen LogP) is 1.55. The van der Waals surface area contributed by atoms with Crippen LogP contribution in [0.2, 0.25) is 0 Å². The molecule has 0 aliphatic heterocycles. The van der Waals surface area contributed by atoms with E-state index in [4.69, 9.17) is 0 Å². The maximum atomic E-state index is 11.5. The van der Waals surface area contributed by atoms with Gasteiger partial charge >= 0.3 is 0 Å². The van der Waals surface area contributed by atoms with Crippen LogP contribution in [-0.4, -0.2) is 17.4 Å². The van der Waals surface area contributed by atoms with Crippen molar-refractivity contribution in [1.29, 1.82) is 0 Å². The molecule has 0 aliphatic rings. The number of rotatable bonds is 3. The van der Waals surface area contributed by atoms with E-state index in [0.29, 0.717) is 12.1 Å². The minimum atomic E-state index is -0.0539. The third-order valence-corrected chi connectivity index (χ3v) is 1.80. The number of carbonyl (C=O) groups excluding carboxylic acids is 1. The monoisotopic (exact) mass is 178 g/mol. The van der Waals surface area contributed by atoms with E-state index >= 15 is 0 Å². The highest BCUT2D eigenvalue weighted by Gasteiger charge is 2.09. The Balaban J connectivity index is 2.76. The molecule has 0 radical (unpaired) electrons. The van der Waals surface area contributed by atoms with Crippen molar-refractivity contribution in [1.82, 2.24) is 10.3 Å². The van der Waals surface area contributed by atoms with Crippen LogP contribution in [0.15, 0.2) is 18.7 Å². The lowest BCUT2D eigenvalue weighted by atomic mass is 10.2. The summed E-state index contributed by atoms with van der Waals surface area (Å²) in [7, 11) is 0. The van der Waals surface area contributed by atoms with E-state index in [-0.39, 0.29) is 5.91 Å². The maximum Gasteiger partial charge on any atom is 0.253 e. The first-order chi connectivity index (χ1) is 6.15. The molecule has 13 heavy (non-hydrogen) atoms. The van der Waals surface area contributed by atoms with Crippen LogP contribution in [0.25, 0.3) is 0 Å². The molecule has 0 unspecified atom stereocenters. The number of aryl methyl sites for hydroxylation is 2. The zero-order valence-corrected chi connectivity index (χ0v) is 7.98. The maximum absolute atomic E-state index is 11.5. The van der Waals surface area contributed by atoms with E-state index in [9.17, 15) is 4.79 Å². The van der Waals surface area contributed by atoms with Gasteiger partial charge in [0, 0.05) is 17.9 Å². The second-order valence-corrected chi connectivity index (χ2v) is 2.99. The van der Waals surface area contributed by atoms with Crippen LogP contribution >= 0.6 is 0 Å². The van der Waals surface area contributed by atoms with Crippen molar-refractivity contribution in [2.24, 2.45) is 0 Å². The molecule has 1 aromatic rings. The lowest BCUT2D eigenvalue weighted by Gasteiger charge is -1.99. The molecule has 3 heteroatoms. The molecule has 0 bridgehead atoms. The molecule has 0 saturated heterocycles. The van der Waals surface area contributed by atoms with Gasteiger partial charge in [-0.25, -0.2) is 0 Å². The van der Waals surface area contributed by atoms with Gasteiger partial charge in [-0.2, -0.15) is 0 Å². The molecular weight excluding hydrogens is 164 g/mol. The van der Waals surface area contributed by atoms with E-state index < -0.39 is 0 Å². The van der Waals surface area contributed by atoms with E-state index in [1.807, 2.05) is 19.9 Å². The van der Waals surface area contributed by atoms with Gasteiger partial charge in [0.15, 0.2) is 0 Å². The Hall–Kier alpha value is -1.51. The van der Waals surface area contributed by atoms with E-state index in [2.05, 4.69) is 16.9 Å². The highest BCUT2D eigenvalue weighted by atomic mass is 16.1. The number of hydrogen-bond acceptors (Lipinski definition) is 1. The van der Waals surface area contributed by atoms with Crippen LogP contribution < -0.4 is 5.32 Å². The molecule has 0 fully saturated rings. The zero-order valence-electron chi connectivity index (χ0n) is 7.98. The lowest BCUT2D eigenvalue weighted by molar-refractivity contribution is 0.0957.